The average Bonchev–Trinajstić information content (AvgIpc) is 3.22. The number of nitrogens with zero attached hydrogens (tertiary/aromatic N) is 2. The van der Waals surface area contributed by atoms with Gasteiger partial charge >= 0.3 is 5.97 Å². The summed E-state index contributed by atoms with van der Waals surface area (Å²) in [7, 11) is -3.69. The maximum atomic E-state index is 12.9. The molecule has 0 bridgehead atoms. The van der Waals surface area contributed by atoms with Crippen LogP contribution in [0.1, 0.15) is 21.7 Å². The Kier molecular flexibility index (Phi) is 6.63. The normalized spacial score (nSPS) is 16.4. The van der Waals surface area contributed by atoms with E-state index in [1.165, 1.54) is 0 Å². The van der Waals surface area contributed by atoms with Gasteiger partial charge in [0.05, 0.1) is 30.7 Å². The van der Waals surface area contributed by atoms with Crippen LogP contribution < -0.4 is 15.8 Å². The van der Waals surface area contributed by atoms with Gasteiger partial charge < -0.3 is 25.5 Å². The fourth-order valence-corrected chi connectivity index (χ4v) is 5.82. The number of ether oxygens (including phenoxy) is 1. The number of sulfonamides is 1. The Morgan fingerprint density at radius 3 is 2.78 bits per heavy atom. The fraction of sp³-hybridized carbons (Fsp3) is 0.280. The SMILES string of the molecule is NCc1ccc2cc(C(=O)O)n(Cc3cc(NS(=O)(=O)CC4CNCCO4)cc4ccccc34)c2n1. The molecule has 4 aromatic rings. The van der Waals surface area contributed by atoms with Crippen LogP contribution in [0.15, 0.2) is 54.6 Å². The predicted octanol–water partition coefficient (Wildman–Crippen LogP) is 2.12. The first-order chi connectivity index (χ1) is 17.3. The van der Waals surface area contributed by atoms with E-state index in [0.717, 1.165) is 16.3 Å². The number of carbonyl (C=O) groups is 1. The highest BCUT2D eigenvalue weighted by atomic mass is 32.2. The van der Waals surface area contributed by atoms with Gasteiger partial charge in [-0.15, -0.1) is 0 Å². The summed E-state index contributed by atoms with van der Waals surface area (Å²) in [6, 6.07) is 16.2. The third-order valence-corrected chi connectivity index (χ3v) is 7.55. The van der Waals surface area contributed by atoms with Gasteiger partial charge in [-0.25, -0.2) is 18.2 Å². The highest BCUT2D eigenvalue weighted by Crippen LogP contribution is 2.28. The molecule has 0 aliphatic carbocycles. The van der Waals surface area contributed by atoms with Crippen molar-refractivity contribution in [3.05, 3.63) is 71.5 Å². The predicted molar refractivity (Wildman–Crippen MR) is 138 cm³/mol. The summed E-state index contributed by atoms with van der Waals surface area (Å²) in [5.41, 5.74) is 8.15. The van der Waals surface area contributed by atoms with Crippen LogP contribution in [0.2, 0.25) is 0 Å². The lowest BCUT2D eigenvalue weighted by Crippen LogP contribution is -2.43. The molecule has 1 aliphatic rings. The highest BCUT2D eigenvalue weighted by Gasteiger charge is 2.23. The summed E-state index contributed by atoms with van der Waals surface area (Å²) in [4.78, 5) is 16.6. The molecule has 1 atom stereocenters. The van der Waals surface area contributed by atoms with Gasteiger partial charge in [-0.1, -0.05) is 24.3 Å². The molecule has 2 aromatic heterocycles. The summed E-state index contributed by atoms with van der Waals surface area (Å²) in [5, 5.41) is 15.4. The number of benzene rings is 2. The number of rotatable bonds is 8. The zero-order valence-electron chi connectivity index (χ0n) is 19.5. The molecular formula is C25H27N5O5S. The Balaban J connectivity index is 1.55. The van der Waals surface area contributed by atoms with Crippen LogP contribution in [-0.4, -0.2) is 60.6 Å². The van der Waals surface area contributed by atoms with E-state index < -0.39 is 22.1 Å². The first-order valence-corrected chi connectivity index (χ1v) is 13.3. The molecule has 0 spiro atoms. The summed E-state index contributed by atoms with van der Waals surface area (Å²) in [5.74, 6) is -1.25. The number of nitrogens with two attached hydrogens (primary N) is 1. The van der Waals surface area contributed by atoms with E-state index in [2.05, 4.69) is 15.0 Å². The molecule has 1 saturated heterocycles. The van der Waals surface area contributed by atoms with Crippen LogP contribution in [0.5, 0.6) is 0 Å². The van der Waals surface area contributed by atoms with E-state index in [1.54, 1.807) is 34.9 Å². The van der Waals surface area contributed by atoms with Crippen molar-refractivity contribution in [2.24, 2.45) is 5.73 Å². The second kappa shape index (κ2) is 9.86. The lowest BCUT2D eigenvalue weighted by Gasteiger charge is -2.23. The number of nitrogens with one attached hydrogen (secondary N) is 2. The number of aromatic nitrogens is 2. The lowest BCUT2D eigenvalue weighted by molar-refractivity contribution is 0.0431. The Labute approximate surface area is 208 Å². The number of aromatic carboxylic acids is 1. The maximum absolute atomic E-state index is 12.9. The van der Waals surface area contributed by atoms with Gasteiger partial charge in [0.2, 0.25) is 10.0 Å². The second-order valence-corrected chi connectivity index (χ2v) is 10.5. The largest absolute Gasteiger partial charge is 0.477 e. The third kappa shape index (κ3) is 5.05. The summed E-state index contributed by atoms with van der Waals surface area (Å²) in [6.07, 6.45) is -0.427. The van der Waals surface area contributed by atoms with Gasteiger partial charge in [0.25, 0.3) is 0 Å². The summed E-state index contributed by atoms with van der Waals surface area (Å²) >= 11 is 0. The van der Waals surface area contributed by atoms with Gasteiger partial charge in [-0.05, 0) is 46.7 Å². The Morgan fingerprint density at radius 2 is 2.03 bits per heavy atom. The monoisotopic (exact) mass is 509 g/mol. The molecule has 0 radical (unpaired) electrons. The van der Waals surface area contributed by atoms with Crippen LogP contribution >= 0.6 is 0 Å². The number of morpholine rings is 1. The van der Waals surface area contributed by atoms with E-state index in [4.69, 9.17) is 10.5 Å². The molecule has 2 aromatic carbocycles. The van der Waals surface area contributed by atoms with E-state index >= 15 is 0 Å². The van der Waals surface area contributed by atoms with Gasteiger partial charge in [0, 0.05) is 30.7 Å². The Hall–Kier alpha value is -3.51. The van der Waals surface area contributed by atoms with Crippen LogP contribution in [0.25, 0.3) is 21.8 Å². The van der Waals surface area contributed by atoms with E-state index in [0.29, 0.717) is 42.1 Å². The molecular weight excluding hydrogens is 482 g/mol. The molecule has 5 N–H and O–H groups in total. The molecule has 0 saturated carbocycles. The smallest absolute Gasteiger partial charge is 0.352 e. The van der Waals surface area contributed by atoms with Crippen molar-refractivity contribution in [2.75, 3.05) is 30.2 Å². The van der Waals surface area contributed by atoms with Crippen molar-refractivity contribution >= 4 is 43.5 Å². The average molecular weight is 510 g/mol. The molecule has 1 unspecified atom stereocenters. The number of anilines is 1. The third-order valence-electron chi connectivity index (χ3n) is 6.19. The number of carboxylic acids is 1. The Morgan fingerprint density at radius 1 is 1.19 bits per heavy atom. The summed E-state index contributed by atoms with van der Waals surface area (Å²) in [6.45, 7) is 2.05. The molecule has 36 heavy (non-hydrogen) atoms. The van der Waals surface area contributed by atoms with Crippen molar-refractivity contribution in [3.8, 4) is 0 Å². The second-order valence-electron chi connectivity index (χ2n) is 8.78. The zero-order valence-corrected chi connectivity index (χ0v) is 20.3. The highest BCUT2D eigenvalue weighted by molar-refractivity contribution is 7.92. The standard InChI is InChI=1S/C25H27N5O5S/c26-12-19-6-5-17-11-23(25(31)32)30(24(17)28-19)14-18-10-20(9-16-3-1-2-4-22(16)18)29-36(33,34)15-21-13-27-7-8-35-21/h1-6,9-11,21,27,29H,7-8,12-15,26H2,(H,31,32). The Bertz CT molecular complexity index is 1540. The molecule has 1 aliphatic heterocycles. The van der Waals surface area contributed by atoms with Crippen molar-refractivity contribution in [2.45, 2.75) is 19.2 Å². The van der Waals surface area contributed by atoms with Gasteiger partial charge in [-0.2, -0.15) is 0 Å². The first-order valence-electron chi connectivity index (χ1n) is 11.6. The van der Waals surface area contributed by atoms with E-state index in [-0.39, 0.29) is 24.5 Å². The number of fused-ring (bicyclic) bond motifs is 2. The van der Waals surface area contributed by atoms with Crippen LogP contribution in [0.3, 0.4) is 0 Å². The van der Waals surface area contributed by atoms with Crippen molar-refractivity contribution in [1.82, 2.24) is 14.9 Å². The molecule has 188 valence electrons. The fourth-order valence-electron chi connectivity index (χ4n) is 4.56. The van der Waals surface area contributed by atoms with Crippen molar-refractivity contribution < 1.29 is 23.1 Å². The van der Waals surface area contributed by atoms with Crippen molar-refractivity contribution in [3.63, 3.8) is 0 Å². The minimum absolute atomic E-state index is 0.0867. The first kappa shape index (κ1) is 24.2. The lowest BCUT2D eigenvalue weighted by atomic mass is 10.0. The molecule has 11 heteroatoms. The molecule has 0 amide bonds. The number of carboxylic acid groups (broad SMARTS) is 1. The topological polar surface area (TPSA) is 149 Å². The zero-order chi connectivity index (χ0) is 25.3. The number of pyridine rings is 1. The minimum atomic E-state index is -3.69. The van der Waals surface area contributed by atoms with Crippen LogP contribution in [0.4, 0.5) is 5.69 Å². The van der Waals surface area contributed by atoms with Gasteiger partial charge in [0.15, 0.2) is 0 Å². The molecule has 10 nitrogen and oxygen atoms in total. The maximum Gasteiger partial charge on any atom is 0.352 e. The molecule has 1 fully saturated rings. The quantitative estimate of drug-likeness (QED) is 0.282. The molecule has 5 rings (SSSR count). The number of hydrogen-bond acceptors (Lipinski definition) is 7. The van der Waals surface area contributed by atoms with Crippen LogP contribution in [0, 0.1) is 0 Å². The van der Waals surface area contributed by atoms with Gasteiger partial charge in [-0.3, -0.25) is 4.72 Å². The van der Waals surface area contributed by atoms with E-state index in [9.17, 15) is 18.3 Å². The van der Waals surface area contributed by atoms with E-state index in [1.807, 2.05) is 24.3 Å². The van der Waals surface area contributed by atoms with Crippen molar-refractivity contribution in [1.29, 1.82) is 0 Å². The minimum Gasteiger partial charge on any atom is -0.477 e. The summed E-state index contributed by atoms with van der Waals surface area (Å²) < 4.78 is 35.7. The number of hydrogen-bond donors (Lipinski definition) is 4. The van der Waals surface area contributed by atoms with Crippen LogP contribution in [-0.2, 0) is 27.8 Å². The molecule has 3 heterocycles. The van der Waals surface area contributed by atoms with Gasteiger partial charge in [0.1, 0.15) is 11.3 Å².